The number of aliphatic hydroxyl groups is 1. The van der Waals surface area contributed by atoms with Crippen molar-refractivity contribution < 1.29 is 24.6 Å². The number of aliphatic hydroxyl groups excluding tert-OH is 1. The van der Waals surface area contributed by atoms with Gasteiger partial charge in [-0.2, -0.15) is 0 Å². The molecule has 0 saturated carbocycles. The van der Waals surface area contributed by atoms with Crippen molar-refractivity contribution in [1.82, 2.24) is 26.1 Å². The molecule has 0 radical (unpaired) electrons. The molecule has 0 saturated heterocycles. The first-order valence-electron chi connectivity index (χ1n) is 12.8. The van der Waals surface area contributed by atoms with Gasteiger partial charge in [-0.3, -0.25) is 25.3 Å². The summed E-state index contributed by atoms with van der Waals surface area (Å²) in [4.78, 5) is 41.0. The minimum absolute atomic E-state index is 0.0727. The van der Waals surface area contributed by atoms with Crippen molar-refractivity contribution in [2.75, 3.05) is 6.54 Å². The molecule has 3 rings (SSSR count). The molecule has 3 atom stereocenters. The maximum absolute atomic E-state index is 13.4. The van der Waals surface area contributed by atoms with E-state index in [0.29, 0.717) is 5.69 Å². The fourth-order valence-corrected chi connectivity index (χ4v) is 4.16. The average molecular weight is 537 g/mol. The molecule has 0 spiro atoms. The number of primary amides is 1. The van der Waals surface area contributed by atoms with Crippen molar-refractivity contribution in [3.8, 4) is 0 Å². The molecule has 2 aromatic carbocycles. The van der Waals surface area contributed by atoms with Gasteiger partial charge in [-0.15, -0.1) is 0 Å². The minimum Gasteiger partial charge on any atom is -0.464 e. The highest BCUT2D eigenvalue weighted by atomic mass is 16.4. The smallest absolute Gasteiger partial charge is 0.419 e. The highest BCUT2D eigenvalue weighted by Gasteiger charge is 2.29. The van der Waals surface area contributed by atoms with Crippen LogP contribution in [0.1, 0.15) is 31.5 Å². The zero-order valence-electron chi connectivity index (χ0n) is 22.1. The molecule has 1 heterocycles. The Bertz CT molecular complexity index is 1260. The number of nitrogens with one attached hydrogen (secondary N) is 3. The Labute approximate surface area is 227 Å². The number of carbonyl (C=O) groups excluding carboxylic acids is 2. The molecule has 7 N–H and O–H groups in total. The van der Waals surface area contributed by atoms with Crippen LogP contribution in [0.5, 0.6) is 0 Å². The predicted molar refractivity (Wildman–Crippen MR) is 147 cm³/mol. The SMILES string of the molecule is CC(C)N(C[C@H](O)[C@H](Cc1ccccc1)NC(=O)[C@H](CC(N)=O)NCc1ccc2ccccc2n1)NC(=O)O. The number of carboxylic acid groups (broad SMARTS) is 1. The van der Waals surface area contributed by atoms with E-state index in [4.69, 9.17) is 5.73 Å². The van der Waals surface area contributed by atoms with Gasteiger partial charge < -0.3 is 21.3 Å². The summed E-state index contributed by atoms with van der Waals surface area (Å²) in [6.45, 7) is 3.70. The highest BCUT2D eigenvalue weighted by molar-refractivity contribution is 5.88. The van der Waals surface area contributed by atoms with Crippen LogP contribution in [0.15, 0.2) is 66.7 Å². The minimum atomic E-state index is -1.26. The standard InChI is InChI=1S/C28H36N6O5/c1-18(2)34(33-28(38)39)17-25(35)23(14-19-8-4-3-5-9-19)32-27(37)24(15-26(29)36)30-16-21-13-12-20-10-6-7-11-22(20)31-21/h3-13,18,23-25,30,33,35H,14-17H2,1-2H3,(H2,29,36)(H,32,37)(H,38,39)/t23-,24-,25-/m0/s1. The maximum Gasteiger partial charge on any atom is 0.419 e. The molecule has 0 unspecified atom stereocenters. The van der Waals surface area contributed by atoms with Crippen LogP contribution in [-0.4, -0.2) is 68.9 Å². The van der Waals surface area contributed by atoms with Gasteiger partial charge in [0.2, 0.25) is 11.8 Å². The quantitative estimate of drug-likeness (QED) is 0.169. The van der Waals surface area contributed by atoms with Crippen molar-refractivity contribution in [3.05, 3.63) is 78.0 Å². The Morgan fingerprint density at radius 1 is 1.00 bits per heavy atom. The first-order valence-corrected chi connectivity index (χ1v) is 12.8. The largest absolute Gasteiger partial charge is 0.464 e. The predicted octanol–water partition coefficient (Wildman–Crippen LogP) is 1.55. The fourth-order valence-electron chi connectivity index (χ4n) is 4.16. The number of para-hydroxylation sites is 1. The second kappa shape index (κ2) is 14.2. The van der Waals surface area contributed by atoms with Crippen LogP contribution >= 0.6 is 0 Å². The average Bonchev–Trinajstić information content (AvgIpc) is 2.90. The van der Waals surface area contributed by atoms with E-state index < -0.39 is 36.1 Å². The van der Waals surface area contributed by atoms with Crippen LogP contribution in [0, 0.1) is 0 Å². The van der Waals surface area contributed by atoms with Crippen LogP contribution in [0.4, 0.5) is 4.79 Å². The maximum atomic E-state index is 13.4. The summed E-state index contributed by atoms with van der Waals surface area (Å²) in [6, 6.07) is 18.7. The molecule has 3 aromatic rings. The van der Waals surface area contributed by atoms with Crippen LogP contribution < -0.4 is 21.8 Å². The lowest BCUT2D eigenvalue weighted by atomic mass is 10.00. The monoisotopic (exact) mass is 536 g/mol. The van der Waals surface area contributed by atoms with Crippen molar-refractivity contribution in [2.24, 2.45) is 5.73 Å². The number of pyridine rings is 1. The molecule has 3 amide bonds. The highest BCUT2D eigenvalue weighted by Crippen LogP contribution is 2.13. The molecule has 0 fully saturated rings. The summed E-state index contributed by atoms with van der Waals surface area (Å²) >= 11 is 0. The molecular weight excluding hydrogens is 500 g/mol. The Morgan fingerprint density at radius 2 is 1.69 bits per heavy atom. The van der Waals surface area contributed by atoms with Gasteiger partial charge in [0.15, 0.2) is 0 Å². The second-order valence-corrected chi connectivity index (χ2v) is 9.63. The zero-order chi connectivity index (χ0) is 28.4. The summed E-state index contributed by atoms with van der Waals surface area (Å²) in [6.07, 6.45) is -2.37. The normalized spacial score (nSPS) is 13.7. The Morgan fingerprint density at radius 3 is 2.36 bits per heavy atom. The lowest BCUT2D eigenvalue weighted by molar-refractivity contribution is -0.128. The number of benzene rings is 2. The number of aromatic nitrogens is 1. The fraction of sp³-hybridized carbons (Fsp3) is 0.357. The van der Waals surface area contributed by atoms with Crippen molar-refractivity contribution in [1.29, 1.82) is 0 Å². The van der Waals surface area contributed by atoms with Gasteiger partial charge in [-0.25, -0.2) is 9.80 Å². The number of hydrogen-bond acceptors (Lipinski definition) is 7. The van der Waals surface area contributed by atoms with Gasteiger partial charge in [0.25, 0.3) is 0 Å². The van der Waals surface area contributed by atoms with E-state index in [2.05, 4.69) is 21.0 Å². The number of fused-ring (bicyclic) bond motifs is 1. The van der Waals surface area contributed by atoms with Gasteiger partial charge >= 0.3 is 6.09 Å². The Kier molecular flexibility index (Phi) is 10.7. The van der Waals surface area contributed by atoms with Gasteiger partial charge in [-0.1, -0.05) is 54.6 Å². The van der Waals surface area contributed by atoms with E-state index in [0.717, 1.165) is 16.5 Å². The number of hydrogen-bond donors (Lipinski definition) is 6. The third-order valence-electron chi connectivity index (χ3n) is 6.24. The molecule has 11 heteroatoms. The number of nitrogens with zero attached hydrogens (tertiary/aromatic N) is 2. The molecule has 1 aromatic heterocycles. The molecule has 208 valence electrons. The van der Waals surface area contributed by atoms with Crippen LogP contribution in [-0.2, 0) is 22.6 Å². The first-order chi connectivity index (χ1) is 18.6. The lowest BCUT2D eigenvalue weighted by Crippen LogP contribution is -2.57. The molecule has 0 aliphatic rings. The molecule has 11 nitrogen and oxygen atoms in total. The number of carbonyl (C=O) groups is 3. The van der Waals surface area contributed by atoms with Gasteiger partial charge in [0, 0.05) is 24.5 Å². The van der Waals surface area contributed by atoms with Crippen LogP contribution in [0.25, 0.3) is 10.9 Å². The molecule has 0 aliphatic heterocycles. The second-order valence-electron chi connectivity index (χ2n) is 9.63. The third-order valence-corrected chi connectivity index (χ3v) is 6.24. The first kappa shape index (κ1) is 29.5. The van der Waals surface area contributed by atoms with E-state index in [9.17, 15) is 24.6 Å². The number of nitrogens with two attached hydrogens (primary N) is 1. The van der Waals surface area contributed by atoms with Gasteiger partial charge in [0.1, 0.15) is 0 Å². The molecular formula is C28H36N6O5. The third kappa shape index (κ3) is 9.32. The number of amides is 3. The summed E-state index contributed by atoms with van der Waals surface area (Å²) in [5.41, 5.74) is 10.1. The van der Waals surface area contributed by atoms with E-state index in [1.54, 1.807) is 13.8 Å². The van der Waals surface area contributed by atoms with E-state index in [1.807, 2.05) is 66.7 Å². The number of hydrazine groups is 1. The topological polar surface area (TPSA) is 170 Å². The molecule has 39 heavy (non-hydrogen) atoms. The van der Waals surface area contributed by atoms with E-state index >= 15 is 0 Å². The van der Waals surface area contributed by atoms with Gasteiger partial charge in [-0.05, 0) is 38.0 Å². The van der Waals surface area contributed by atoms with Crippen molar-refractivity contribution in [2.45, 2.75) is 57.5 Å². The van der Waals surface area contributed by atoms with Crippen molar-refractivity contribution in [3.63, 3.8) is 0 Å². The molecule has 0 aliphatic carbocycles. The summed E-state index contributed by atoms with van der Waals surface area (Å²) in [5.74, 6) is -1.18. The van der Waals surface area contributed by atoms with E-state index in [1.165, 1.54) is 5.01 Å². The summed E-state index contributed by atoms with van der Waals surface area (Å²) < 4.78 is 0. The zero-order valence-corrected chi connectivity index (χ0v) is 22.1. The Balaban J connectivity index is 1.76. The van der Waals surface area contributed by atoms with Crippen LogP contribution in [0.3, 0.4) is 0 Å². The van der Waals surface area contributed by atoms with Crippen LogP contribution in [0.2, 0.25) is 0 Å². The van der Waals surface area contributed by atoms with Gasteiger partial charge in [0.05, 0.1) is 35.8 Å². The van der Waals surface area contributed by atoms with Crippen molar-refractivity contribution >= 4 is 28.8 Å². The lowest BCUT2D eigenvalue weighted by Gasteiger charge is -2.32. The van der Waals surface area contributed by atoms with E-state index in [-0.39, 0.29) is 32.0 Å². The number of rotatable bonds is 14. The summed E-state index contributed by atoms with van der Waals surface area (Å²) in [5, 5.41) is 28.6. The summed E-state index contributed by atoms with van der Waals surface area (Å²) in [7, 11) is 0. The molecule has 0 bridgehead atoms. The Hall–Kier alpha value is -4.06.